The van der Waals surface area contributed by atoms with E-state index in [0.717, 1.165) is 44.9 Å². The van der Waals surface area contributed by atoms with Gasteiger partial charge in [-0.2, -0.15) is 15.0 Å². The van der Waals surface area contributed by atoms with Crippen molar-refractivity contribution in [1.82, 2.24) is 19.5 Å². The molecule has 2 N–H and O–H groups in total. The molecule has 1 aliphatic carbocycles. The van der Waals surface area contributed by atoms with E-state index in [2.05, 4.69) is 15.0 Å². The molecule has 2 aromatic rings. The Balaban J connectivity index is 1.55. The molecular formula is C17H25N5O3. The second-order valence-electron chi connectivity index (χ2n) is 6.91. The maximum atomic E-state index is 6.07. The second kappa shape index (κ2) is 7.03. The molecule has 0 aromatic carbocycles. The summed E-state index contributed by atoms with van der Waals surface area (Å²) in [6.45, 7) is 3.05. The molecule has 0 amide bonds. The standard InChI is InChI=1S/C17H25N5O3/c1-23-17-19-13-14(18)20-16(25-9-6-11-2-3-11)21-15(13)22(17)7-4-12-5-8-24-10-12/h11-12H,2-10H2,1H3,(H2,18,20,21)/t12-/m0/s1. The zero-order valence-electron chi connectivity index (χ0n) is 14.6. The van der Waals surface area contributed by atoms with Crippen molar-refractivity contribution < 1.29 is 14.2 Å². The van der Waals surface area contributed by atoms with Crippen LogP contribution in [0.5, 0.6) is 12.0 Å². The van der Waals surface area contributed by atoms with Crippen LogP contribution < -0.4 is 15.2 Å². The van der Waals surface area contributed by atoms with Crippen molar-refractivity contribution >= 4 is 17.0 Å². The number of nitrogen functional groups attached to an aromatic ring is 1. The van der Waals surface area contributed by atoms with Gasteiger partial charge >= 0.3 is 6.01 Å². The van der Waals surface area contributed by atoms with Gasteiger partial charge in [-0.1, -0.05) is 12.8 Å². The van der Waals surface area contributed by atoms with E-state index in [-0.39, 0.29) is 0 Å². The van der Waals surface area contributed by atoms with Crippen LogP contribution >= 0.6 is 0 Å². The monoisotopic (exact) mass is 347 g/mol. The van der Waals surface area contributed by atoms with E-state index in [9.17, 15) is 0 Å². The number of aryl methyl sites for hydroxylation is 1. The summed E-state index contributed by atoms with van der Waals surface area (Å²) in [4.78, 5) is 13.2. The average molecular weight is 347 g/mol. The van der Waals surface area contributed by atoms with Crippen molar-refractivity contribution in [1.29, 1.82) is 0 Å². The van der Waals surface area contributed by atoms with Crippen LogP contribution in [-0.2, 0) is 11.3 Å². The molecular weight excluding hydrogens is 322 g/mol. The lowest BCUT2D eigenvalue weighted by Gasteiger charge is -2.11. The number of methoxy groups -OCH3 is 1. The Bertz CT molecular complexity index is 737. The smallest absolute Gasteiger partial charge is 0.320 e. The van der Waals surface area contributed by atoms with Crippen LogP contribution in [0.2, 0.25) is 0 Å². The molecule has 1 saturated carbocycles. The molecule has 1 atom stereocenters. The van der Waals surface area contributed by atoms with Crippen LogP contribution in [0.3, 0.4) is 0 Å². The molecule has 1 aliphatic heterocycles. The van der Waals surface area contributed by atoms with Crippen LogP contribution in [-0.4, -0.2) is 46.4 Å². The van der Waals surface area contributed by atoms with Gasteiger partial charge in [-0.05, 0) is 31.1 Å². The fraction of sp³-hybridized carbons (Fsp3) is 0.706. The first-order valence-electron chi connectivity index (χ1n) is 9.03. The summed E-state index contributed by atoms with van der Waals surface area (Å²) in [6, 6.07) is 0.823. The number of hydrogen-bond acceptors (Lipinski definition) is 7. The molecule has 3 heterocycles. The van der Waals surface area contributed by atoms with Crippen LogP contribution in [0.25, 0.3) is 11.2 Å². The molecule has 0 bridgehead atoms. The first-order valence-corrected chi connectivity index (χ1v) is 9.03. The van der Waals surface area contributed by atoms with Crippen LogP contribution in [0, 0.1) is 11.8 Å². The van der Waals surface area contributed by atoms with E-state index in [1.54, 1.807) is 7.11 Å². The van der Waals surface area contributed by atoms with Gasteiger partial charge in [0.2, 0.25) is 0 Å². The van der Waals surface area contributed by atoms with Gasteiger partial charge in [0, 0.05) is 19.8 Å². The normalized spacial score (nSPS) is 20.3. The average Bonchev–Trinajstić information content (AvgIpc) is 3.15. The van der Waals surface area contributed by atoms with Crippen molar-refractivity contribution in [3.8, 4) is 12.0 Å². The minimum Gasteiger partial charge on any atom is -0.468 e. The summed E-state index contributed by atoms with van der Waals surface area (Å²) in [5.74, 6) is 1.70. The molecule has 1 saturated heterocycles. The Morgan fingerprint density at radius 3 is 2.76 bits per heavy atom. The lowest BCUT2D eigenvalue weighted by molar-refractivity contribution is 0.183. The third-order valence-electron chi connectivity index (χ3n) is 4.99. The molecule has 8 nitrogen and oxygen atoms in total. The predicted octanol–water partition coefficient (Wildman–Crippen LogP) is 2.02. The van der Waals surface area contributed by atoms with E-state index >= 15 is 0 Å². The third-order valence-corrected chi connectivity index (χ3v) is 4.99. The lowest BCUT2D eigenvalue weighted by atomic mass is 10.1. The molecule has 25 heavy (non-hydrogen) atoms. The van der Waals surface area contributed by atoms with Crippen molar-refractivity contribution in [2.45, 2.75) is 38.6 Å². The highest BCUT2D eigenvalue weighted by molar-refractivity contribution is 5.83. The molecule has 2 aromatic heterocycles. The Hall–Kier alpha value is -2.09. The second-order valence-corrected chi connectivity index (χ2v) is 6.91. The number of fused-ring (bicyclic) bond motifs is 1. The first kappa shape index (κ1) is 16.4. The molecule has 136 valence electrons. The van der Waals surface area contributed by atoms with Gasteiger partial charge in [-0.3, -0.25) is 4.57 Å². The maximum absolute atomic E-state index is 6.07. The topological polar surface area (TPSA) is 97.3 Å². The highest BCUT2D eigenvalue weighted by Gasteiger charge is 2.22. The van der Waals surface area contributed by atoms with Gasteiger partial charge in [0.1, 0.15) is 0 Å². The summed E-state index contributed by atoms with van der Waals surface area (Å²) in [5, 5.41) is 0. The zero-order valence-corrected chi connectivity index (χ0v) is 14.6. The van der Waals surface area contributed by atoms with Gasteiger partial charge in [-0.15, -0.1) is 0 Å². The maximum Gasteiger partial charge on any atom is 0.320 e. The van der Waals surface area contributed by atoms with E-state index < -0.39 is 0 Å². The molecule has 4 rings (SSSR count). The summed E-state index contributed by atoms with van der Waals surface area (Å²) in [7, 11) is 1.60. The SMILES string of the molecule is COc1nc2c(N)nc(OCCC3CC3)nc2n1CC[C@H]1CCOC1. The highest BCUT2D eigenvalue weighted by Crippen LogP contribution is 2.32. The summed E-state index contributed by atoms with van der Waals surface area (Å²) >= 11 is 0. The fourth-order valence-corrected chi connectivity index (χ4v) is 3.25. The van der Waals surface area contributed by atoms with Crippen LogP contribution in [0.4, 0.5) is 5.82 Å². The molecule has 8 heteroatoms. The van der Waals surface area contributed by atoms with Crippen LogP contribution in [0.15, 0.2) is 0 Å². The Labute approximate surface area is 146 Å². The van der Waals surface area contributed by atoms with Crippen molar-refractivity contribution in [2.24, 2.45) is 11.8 Å². The molecule has 2 aliphatic rings. The molecule has 0 unspecified atom stereocenters. The number of ether oxygens (including phenoxy) is 3. The van der Waals surface area contributed by atoms with Gasteiger partial charge in [-0.25, -0.2) is 0 Å². The zero-order chi connectivity index (χ0) is 17.2. The van der Waals surface area contributed by atoms with E-state index in [4.69, 9.17) is 19.9 Å². The Morgan fingerprint density at radius 1 is 1.16 bits per heavy atom. The van der Waals surface area contributed by atoms with Crippen molar-refractivity contribution in [2.75, 3.05) is 32.7 Å². The van der Waals surface area contributed by atoms with Gasteiger partial charge in [0.25, 0.3) is 6.01 Å². The van der Waals surface area contributed by atoms with E-state index in [0.29, 0.717) is 41.5 Å². The van der Waals surface area contributed by atoms with E-state index in [1.165, 1.54) is 12.8 Å². The minimum absolute atomic E-state index is 0.318. The van der Waals surface area contributed by atoms with Crippen LogP contribution in [0.1, 0.15) is 32.1 Å². The fourth-order valence-electron chi connectivity index (χ4n) is 3.25. The number of aromatic nitrogens is 4. The van der Waals surface area contributed by atoms with E-state index in [1.807, 2.05) is 4.57 Å². The lowest BCUT2D eigenvalue weighted by Crippen LogP contribution is -2.09. The quantitative estimate of drug-likeness (QED) is 0.780. The highest BCUT2D eigenvalue weighted by atomic mass is 16.5. The molecule has 0 radical (unpaired) electrons. The number of imidazole rings is 1. The summed E-state index contributed by atoms with van der Waals surface area (Å²) in [5.41, 5.74) is 7.31. The summed E-state index contributed by atoms with van der Waals surface area (Å²) in [6.07, 6.45) is 5.75. The number of nitrogens with zero attached hydrogens (tertiary/aromatic N) is 4. The Kier molecular flexibility index (Phi) is 4.61. The molecule has 0 spiro atoms. The first-order chi connectivity index (χ1) is 12.2. The van der Waals surface area contributed by atoms with Crippen molar-refractivity contribution in [3.05, 3.63) is 0 Å². The predicted molar refractivity (Wildman–Crippen MR) is 92.7 cm³/mol. The third kappa shape index (κ3) is 3.63. The van der Waals surface area contributed by atoms with Crippen molar-refractivity contribution in [3.63, 3.8) is 0 Å². The van der Waals surface area contributed by atoms with Gasteiger partial charge in [0.05, 0.1) is 13.7 Å². The number of nitrogens with two attached hydrogens (primary N) is 1. The number of anilines is 1. The summed E-state index contributed by atoms with van der Waals surface area (Å²) < 4.78 is 18.5. The number of rotatable bonds is 8. The largest absolute Gasteiger partial charge is 0.468 e. The number of hydrogen-bond donors (Lipinski definition) is 1. The minimum atomic E-state index is 0.318. The van der Waals surface area contributed by atoms with Gasteiger partial charge in [0.15, 0.2) is 17.0 Å². The van der Waals surface area contributed by atoms with Gasteiger partial charge < -0.3 is 19.9 Å². The Morgan fingerprint density at radius 2 is 2.04 bits per heavy atom. The molecule has 2 fully saturated rings.